The summed E-state index contributed by atoms with van der Waals surface area (Å²) in [4.78, 5) is 15.2. The minimum absolute atomic E-state index is 0.125. The number of nitrogens with two attached hydrogens (primary N) is 1. The van der Waals surface area contributed by atoms with Gasteiger partial charge in [-0.25, -0.2) is 0 Å². The van der Waals surface area contributed by atoms with Gasteiger partial charge in [0.1, 0.15) is 5.82 Å². The fourth-order valence-electron chi connectivity index (χ4n) is 3.92. The number of carbonyl (C=O) groups is 1. The summed E-state index contributed by atoms with van der Waals surface area (Å²) in [6.45, 7) is 6.05. The Labute approximate surface area is 156 Å². The number of hydrogen-bond acceptors (Lipinski definition) is 4. The molecule has 1 amide bonds. The third kappa shape index (κ3) is 4.01. The van der Waals surface area contributed by atoms with Crippen LogP contribution in [0.25, 0.3) is 0 Å². The lowest BCUT2D eigenvalue weighted by atomic mass is 9.81. The van der Waals surface area contributed by atoms with Gasteiger partial charge in [0.05, 0.1) is 19.3 Å². The van der Waals surface area contributed by atoms with E-state index in [0.717, 1.165) is 49.3 Å². The van der Waals surface area contributed by atoms with Crippen LogP contribution >= 0.6 is 0 Å². The Kier molecular flexibility index (Phi) is 5.81. The molecule has 2 heterocycles. The summed E-state index contributed by atoms with van der Waals surface area (Å²) < 4.78 is 1.84. The molecule has 2 aliphatic rings. The molecule has 0 saturated heterocycles. The number of fused-ring (bicyclic) bond motifs is 1. The minimum Gasteiger partial charge on any atom is -0.342 e. The van der Waals surface area contributed by atoms with Gasteiger partial charge in [0.25, 0.3) is 0 Å². The highest BCUT2D eigenvalue weighted by atomic mass is 16.2. The van der Waals surface area contributed by atoms with Crippen LogP contribution in [0.1, 0.15) is 45.1 Å². The summed E-state index contributed by atoms with van der Waals surface area (Å²) >= 11 is 0. The molecule has 1 saturated carbocycles. The number of nitrogens with zero attached hydrogens (tertiary/aromatic N) is 3. The highest BCUT2D eigenvalue weighted by molar-refractivity contribution is 5.80. The van der Waals surface area contributed by atoms with Crippen molar-refractivity contribution in [1.29, 1.82) is 0 Å². The van der Waals surface area contributed by atoms with Gasteiger partial charge in [-0.3, -0.25) is 9.48 Å². The molecule has 0 radical (unpaired) electrons. The average Bonchev–Trinajstić information content (AvgIpc) is 2.89. The van der Waals surface area contributed by atoms with Crippen LogP contribution in [0.2, 0.25) is 0 Å². The summed E-state index contributed by atoms with van der Waals surface area (Å²) in [6, 6.07) is 0. The molecule has 1 aliphatic carbocycles. The van der Waals surface area contributed by atoms with Crippen LogP contribution in [-0.2, 0) is 18.4 Å². The molecular weight excluding hydrogens is 326 g/mol. The van der Waals surface area contributed by atoms with Crippen LogP contribution in [0.3, 0.4) is 0 Å². The van der Waals surface area contributed by atoms with Crippen LogP contribution in [0.15, 0.2) is 29.6 Å². The van der Waals surface area contributed by atoms with Crippen molar-refractivity contribution in [1.82, 2.24) is 14.7 Å². The number of nitrogens with one attached hydrogen (secondary N) is 1. The largest absolute Gasteiger partial charge is 0.342 e. The molecule has 1 aromatic heterocycles. The van der Waals surface area contributed by atoms with Crippen molar-refractivity contribution >= 4 is 11.7 Å². The molecule has 142 valence electrons. The van der Waals surface area contributed by atoms with Crippen molar-refractivity contribution in [2.75, 3.05) is 18.4 Å². The zero-order valence-electron chi connectivity index (χ0n) is 16.2. The molecule has 6 nitrogen and oxygen atoms in total. The van der Waals surface area contributed by atoms with Gasteiger partial charge in [0, 0.05) is 24.2 Å². The lowest BCUT2D eigenvalue weighted by molar-refractivity contribution is -0.137. The average molecular weight is 358 g/mol. The molecule has 1 aromatic rings. The van der Waals surface area contributed by atoms with Crippen LogP contribution in [0, 0.1) is 11.8 Å². The fourth-order valence-corrected chi connectivity index (χ4v) is 3.92. The number of aryl methyl sites for hydroxylation is 1. The quantitative estimate of drug-likeness (QED) is 0.872. The van der Waals surface area contributed by atoms with E-state index >= 15 is 0 Å². The van der Waals surface area contributed by atoms with E-state index in [-0.39, 0.29) is 11.8 Å². The smallest absolute Gasteiger partial charge is 0.226 e. The number of allylic oxidation sites excluding steroid dienone is 3. The van der Waals surface area contributed by atoms with Gasteiger partial charge in [-0.2, -0.15) is 5.10 Å². The molecule has 3 rings (SSSR count). The Hall–Kier alpha value is -2.08. The second kappa shape index (κ2) is 8.08. The molecule has 1 aliphatic heterocycles. The van der Waals surface area contributed by atoms with Gasteiger partial charge >= 0.3 is 0 Å². The van der Waals surface area contributed by atoms with Gasteiger partial charge in [0.15, 0.2) is 0 Å². The predicted octanol–water partition coefficient (Wildman–Crippen LogP) is 2.79. The molecule has 6 heteroatoms. The molecule has 1 fully saturated rings. The van der Waals surface area contributed by atoms with Crippen LogP contribution in [-0.4, -0.2) is 33.7 Å². The number of amides is 1. The first-order chi connectivity index (χ1) is 12.5. The van der Waals surface area contributed by atoms with Gasteiger partial charge in [-0.05, 0) is 58.1 Å². The van der Waals surface area contributed by atoms with Crippen LogP contribution in [0.5, 0.6) is 0 Å². The van der Waals surface area contributed by atoms with Crippen LogP contribution in [0.4, 0.5) is 5.82 Å². The Balaban J connectivity index is 1.82. The Morgan fingerprint density at radius 2 is 2.08 bits per heavy atom. The predicted molar refractivity (Wildman–Crippen MR) is 104 cm³/mol. The zero-order chi connectivity index (χ0) is 18.7. The van der Waals surface area contributed by atoms with E-state index < -0.39 is 0 Å². The third-order valence-corrected chi connectivity index (χ3v) is 5.71. The van der Waals surface area contributed by atoms with Crippen molar-refractivity contribution in [2.24, 2.45) is 24.6 Å². The Morgan fingerprint density at radius 3 is 2.73 bits per heavy atom. The van der Waals surface area contributed by atoms with E-state index in [1.807, 2.05) is 29.7 Å². The topological polar surface area (TPSA) is 76.2 Å². The summed E-state index contributed by atoms with van der Waals surface area (Å²) in [6.07, 6.45) is 10.1. The summed E-state index contributed by atoms with van der Waals surface area (Å²) in [7, 11) is 1.93. The lowest BCUT2D eigenvalue weighted by Gasteiger charge is -2.31. The highest BCUT2D eigenvalue weighted by Gasteiger charge is 2.31. The molecule has 0 unspecified atom stereocenters. The van der Waals surface area contributed by atoms with E-state index in [2.05, 4.69) is 29.5 Å². The maximum Gasteiger partial charge on any atom is 0.226 e. The highest BCUT2D eigenvalue weighted by Crippen LogP contribution is 2.31. The van der Waals surface area contributed by atoms with Crippen molar-refractivity contribution in [3.8, 4) is 0 Å². The number of rotatable bonds is 3. The van der Waals surface area contributed by atoms with Crippen molar-refractivity contribution < 1.29 is 4.79 Å². The maximum absolute atomic E-state index is 13.2. The first kappa shape index (κ1) is 18.7. The number of carbonyl (C=O) groups excluding carboxylic acids is 1. The van der Waals surface area contributed by atoms with E-state index in [9.17, 15) is 4.79 Å². The van der Waals surface area contributed by atoms with E-state index in [1.54, 1.807) is 0 Å². The SMILES string of the molecule is C/C=C(C)\C=C1/CN(C(=O)C2CCC(CN)CC2)Cc2cnn(C)c2N1. The number of aromatic nitrogens is 2. The summed E-state index contributed by atoms with van der Waals surface area (Å²) in [5.41, 5.74) is 9.07. The first-order valence-electron chi connectivity index (χ1n) is 9.62. The van der Waals surface area contributed by atoms with Gasteiger partial charge < -0.3 is 16.0 Å². The molecule has 26 heavy (non-hydrogen) atoms. The number of anilines is 1. The maximum atomic E-state index is 13.2. The molecule has 3 N–H and O–H groups in total. The van der Waals surface area contributed by atoms with Crippen LogP contribution < -0.4 is 11.1 Å². The normalized spacial score (nSPS) is 25.6. The monoisotopic (exact) mass is 357 g/mol. The van der Waals surface area contributed by atoms with Crippen molar-refractivity contribution in [3.63, 3.8) is 0 Å². The fraction of sp³-hybridized carbons (Fsp3) is 0.600. The summed E-state index contributed by atoms with van der Waals surface area (Å²) in [5.74, 6) is 1.95. The van der Waals surface area contributed by atoms with Gasteiger partial charge in [0.2, 0.25) is 5.91 Å². The van der Waals surface area contributed by atoms with Gasteiger partial charge in [-0.1, -0.05) is 11.6 Å². The molecule has 0 bridgehead atoms. The minimum atomic E-state index is 0.125. The van der Waals surface area contributed by atoms with E-state index in [0.29, 0.717) is 19.0 Å². The van der Waals surface area contributed by atoms with Gasteiger partial charge in [-0.15, -0.1) is 0 Å². The summed E-state index contributed by atoms with van der Waals surface area (Å²) in [5, 5.41) is 7.85. The standard InChI is InChI=1S/C20H31N5O/c1-4-14(2)9-18-13-25(12-17-11-22-24(3)19(17)23-18)20(26)16-7-5-15(10-21)6-8-16/h4,9,11,15-16,23H,5-8,10,12-13,21H2,1-3H3/b14-4-,18-9+. The first-order valence-corrected chi connectivity index (χ1v) is 9.62. The molecular formula is C20H31N5O. The van der Waals surface area contributed by atoms with E-state index in [4.69, 9.17) is 5.73 Å². The molecule has 0 atom stereocenters. The second-order valence-electron chi connectivity index (χ2n) is 7.62. The zero-order valence-corrected chi connectivity index (χ0v) is 16.2. The third-order valence-electron chi connectivity index (χ3n) is 5.71. The Morgan fingerprint density at radius 1 is 1.35 bits per heavy atom. The molecule has 0 spiro atoms. The Bertz CT molecular complexity index is 710. The van der Waals surface area contributed by atoms with Crippen molar-refractivity contribution in [3.05, 3.63) is 35.2 Å². The van der Waals surface area contributed by atoms with E-state index in [1.165, 1.54) is 5.57 Å². The second-order valence-corrected chi connectivity index (χ2v) is 7.62. The molecule has 0 aromatic carbocycles. The van der Waals surface area contributed by atoms with Crippen molar-refractivity contribution in [2.45, 2.75) is 46.1 Å². The number of hydrogen-bond donors (Lipinski definition) is 2. The lowest BCUT2D eigenvalue weighted by Crippen LogP contribution is -2.38.